The molecular weight excluding hydrogens is 410 g/mol. The molecule has 0 N–H and O–H groups in total. The quantitative estimate of drug-likeness (QED) is 0.336. The maximum absolute atomic E-state index is 13.1. The Morgan fingerprint density at radius 2 is 1.47 bits per heavy atom. The average molecular weight is 422 g/mol. The van der Waals surface area contributed by atoms with Crippen molar-refractivity contribution in [3.05, 3.63) is 88.2 Å². The molecule has 1 aromatic heterocycles. The third-order valence-corrected chi connectivity index (χ3v) is 4.75. The van der Waals surface area contributed by atoms with Crippen LogP contribution in [0.2, 0.25) is 0 Å². The van der Waals surface area contributed by atoms with E-state index in [9.17, 15) is 31.1 Å². The smallest absolute Gasteiger partial charge is 0.416 e. The third-order valence-electron chi connectivity index (χ3n) is 4.75. The Morgan fingerprint density at radius 3 is 2.07 bits per heavy atom. The van der Waals surface area contributed by atoms with Crippen LogP contribution in [0.4, 0.5) is 26.3 Å². The fourth-order valence-corrected chi connectivity index (χ4v) is 3.33. The number of allylic oxidation sites excluding steroid dienone is 1. The van der Waals surface area contributed by atoms with E-state index in [2.05, 4.69) is 0 Å². The standard InChI is InChI=1S/C22H12F6O2/c23-21(24,25)15-8-13(9-16(11-15)22(26,27)28)19-6-5-17(30-19)10-14-7-12-3-1-2-4-18(12)20(14)29/h1-6,8-11H,7H2/b14-10+. The van der Waals surface area contributed by atoms with E-state index in [1.807, 2.05) is 6.07 Å². The zero-order valence-electron chi connectivity index (χ0n) is 15.1. The molecule has 2 nitrogen and oxygen atoms in total. The summed E-state index contributed by atoms with van der Waals surface area (Å²) in [5.74, 6) is -0.199. The second-order valence-corrected chi connectivity index (χ2v) is 6.83. The summed E-state index contributed by atoms with van der Waals surface area (Å²) >= 11 is 0. The minimum atomic E-state index is -4.95. The molecule has 0 atom stereocenters. The fraction of sp³-hybridized carbons (Fsp3) is 0.136. The molecule has 0 radical (unpaired) electrons. The van der Waals surface area contributed by atoms with Crippen molar-refractivity contribution in [1.82, 2.24) is 0 Å². The lowest BCUT2D eigenvalue weighted by molar-refractivity contribution is -0.143. The maximum atomic E-state index is 13.1. The second-order valence-electron chi connectivity index (χ2n) is 6.83. The van der Waals surface area contributed by atoms with Crippen LogP contribution in [0.25, 0.3) is 17.4 Å². The molecule has 0 unspecified atom stereocenters. The number of ketones is 1. The van der Waals surface area contributed by atoms with E-state index in [0.29, 0.717) is 29.7 Å². The Bertz CT molecular complexity index is 1130. The van der Waals surface area contributed by atoms with Crippen LogP contribution in [-0.2, 0) is 18.8 Å². The zero-order chi connectivity index (χ0) is 21.7. The summed E-state index contributed by atoms with van der Waals surface area (Å²) in [6.45, 7) is 0. The topological polar surface area (TPSA) is 30.2 Å². The number of halogens is 6. The minimum Gasteiger partial charge on any atom is -0.457 e. The second kappa shape index (κ2) is 6.90. The average Bonchev–Trinajstić information content (AvgIpc) is 3.26. The first-order valence-electron chi connectivity index (χ1n) is 8.75. The molecule has 0 amide bonds. The van der Waals surface area contributed by atoms with Crippen LogP contribution in [0.15, 0.2) is 64.6 Å². The number of Topliss-reactive ketones (excluding diaryl/α,β-unsaturated/α-hetero) is 1. The summed E-state index contributed by atoms with van der Waals surface area (Å²) in [5, 5.41) is 0. The van der Waals surface area contributed by atoms with Gasteiger partial charge < -0.3 is 4.42 Å². The van der Waals surface area contributed by atoms with Gasteiger partial charge in [-0.2, -0.15) is 26.3 Å². The van der Waals surface area contributed by atoms with Crippen LogP contribution >= 0.6 is 0 Å². The fourth-order valence-electron chi connectivity index (χ4n) is 3.33. The molecule has 1 heterocycles. The molecule has 0 spiro atoms. The number of hydrogen-bond acceptors (Lipinski definition) is 2. The van der Waals surface area contributed by atoms with Gasteiger partial charge in [0.1, 0.15) is 11.5 Å². The normalized spacial score (nSPS) is 15.7. The molecule has 3 aromatic rings. The molecule has 30 heavy (non-hydrogen) atoms. The highest BCUT2D eigenvalue weighted by molar-refractivity contribution is 6.15. The lowest BCUT2D eigenvalue weighted by atomic mass is 10.0. The van der Waals surface area contributed by atoms with Crippen molar-refractivity contribution in [2.75, 3.05) is 0 Å². The van der Waals surface area contributed by atoms with E-state index < -0.39 is 23.5 Å². The molecule has 2 aromatic carbocycles. The van der Waals surface area contributed by atoms with Crippen LogP contribution in [-0.4, -0.2) is 5.78 Å². The van der Waals surface area contributed by atoms with Crippen LogP contribution in [0.5, 0.6) is 0 Å². The molecular formula is C22H12F6O2. The Balaban J connectivity index is 1.71. The number of rotatable bonds is 2. The van der Waals surface area contributed by atoms with Crippen LogP contribution < -0.4 is 0 Å². The molecule has 4 rings (SSSR count). The summed E-state index contributed by atoms with van der Waals surface area (Å²) in [4.78, 5) is 12.4. The number of alkyl halides is 6. The predicted octanol–water partition coefficient (Wildman–Crippen LogP) is 6.81. The molecule has 0 saturated carbocycles. The van der Waals surface area contributed by atoms with E-state index in [4.69, 9.17) is 4.42 Å². The van der Waals surface area contributed by atoms with Gasteiger partial charge in [-0.3, -0.25) is 4.79 Å². The third kappa shape index (κ3) is 3.77. The van der Waals surface area contributed by atoms with Gasteiger partial charge in [-0.05, 0) is 42.0 Å². The predicted molar refractivity (Wildman–Crippen MR) is 96.6 cm³/mol. The van der Waals surface area contributed by atoms with Crippen molar-refractivity contribution in [2.24, 2.45) is 0 Å². The van der Waals surface area contributed by atoms with Gasteiger partial charge in [0.2, 0.25) is 0 Å². The molecule has 0 saturated heterocycles. The molecule has 8 heteroatoms. The van der Waals surface area contributed by atoms with Gasteiger partial charge in [-0.1, -0.05) is 24.3 Å². The van der Waals surface area contributed by atoms with Gasteiger partial charge in [0.15, 0.2) is 5.78 Å². The first-order valence-corrected chi connectivity index (χ1v) is 8.75. The molecule has 1 aliphatic rings. The van der Waals surface area contributed by atoms with Crippen molar-refractivity contribution in [3.63, 3.8) is 0 Å². The van der Waals surface area contributed by atoms with Crippen LogP contribution in [0.3, 0.4) is 0 Å². The first-order chi connectivity index (χ1) is 14.0. The molecule has 0 fully saturated rings. The largest absolute Gasteiger partial charge is 0.457 e. The first kappa shape index (κ1) is 20.0. The monoisotopic (exact) mass is 422 g/mol. The van der Waals surface area contributed by atoms with Crippen molar-refractivity contribution < 1.29 is 35.6 Å². The zero-order valence-corrected chi connectivity index (χ0v) is 15.1. The molecule has 0 bridgehead atoms. The van der Waals surface area contributed by atoms with Gasteiger partial charge in [0, 0.05) is 23.1 Å². The number of hydrogen-bond donors (Lipinski definition) is 0. The molecule has 1 aliphatic carbocycles. The minimum absolute atomic E-state index is 0.0593. The van der Waals surface area contributed by atoms with Crippen molar-refractivity contribution >= 4 is 11.9 Å². The number of furan rings is 1. The van der Waals surface area contributed by atoms with Crippen LogP contribution in [0.1, 0.15) is 32.8 Å². The Hall–Kier alpha value is -3.29. The van der Waals surface area contributed by atoms with Gasteiger partial charge in [0.05, 0.1) is 11.1 Å². The van der Waals surface area contributed by atoms with Gasteiger partial charge in [-0.15, -0.1) is 0 Å². The van der Waals surface area contributed by atoms with Gasteiger partial charge in [-0.25, -0.2) is 0 Å². The number of fused-ring (bicyclic) bond motifs is 1. The molecule has 0 aliphatic heterocycles. The lowest BCUT2D eigenvalue weighted by Gasteiger charge is -2.13. The van der Waals surface area contributed by atoms with E-state index in [1.165, 1.54) is 18.2 Å². The highest BCUT2D eigenvalue weighted by Crippen LogP contribution is 2.39. The van der Waals surface area contributed by atoms with Gasteiger partial charge >= 0.3 is 12.4 Å². The SMILES string of the molecule is O=C1/C(=C/c2ccc(-c3cc(C(F)(F)F)cc(C(F)(F)F)c3)o2)Cc2ccccc21. The van der Waals surface area contributed by atoms with E-state index in [0.717, 1.165) is 5.56 Å². The summed E-state index contributed by atoms with van der Waals surface area (Å²) in [6.07, 6.45) is -8.08. The number of carbonyl (C=O) groups excluding carboxylic acids is 1. The van der Waals surface area contributed by atoms with Crippen molar-refractivity contribution in [2.45, 2.75) is 18.8 Å². The van der Waals surface area contributed by atoms with E-state index >= 15 is 0 Å². The Morgan fingerprint density at radius 1 is 0.833 bits per heavy atom. The Kier molecular flexibility index (Phi) is 4.60. The van der Waals surface area contributed by atoms with Crippen LogP contribution in [0, 0.1) is 0 Å². The van der Waals surface area contributed by atoms with Crippen molar-refractivity contribution in [1.29, 1.82) is 0 Å². The van der Waals surface area contributed by atoms with Crippen molar-refractivity contribution in [3.8, 4) is 11.3 Å². The van der Waals surface area contributed by atoms with E-state index in [-0.39, 0.29) is 28.9 Å². The summed E-state index contributed by atoms with van der Waals surface area (Å²) < 4.78 is 83.8. The highest BCUT2D eigenvalue weighted by Gasteiger charge is 2.37. The number of carbonyl (C=O) groups is 1. The lowest BCUT2D eigenvalue weighted by Crippen LogP contribution is -2.11. The maximum Gasteiger partial charge on any atom is 0.416 e. The summed E-state index contributed by atoms with van der Waals surface area (Å²) in [5.41, 5.74) is -1.38. The highest BCUT2D eigenvalue weighted by atomic mass is 19.4. The van der Waals surface area contributed by atoms with Gasteiger partial charge in [0.25, 0.3) is 0 Å². The molecule has 154 valence electrons. The summed E-state index contributed by atoms with van der Waals surface area (Å²) in [6, 6.07) is 11.0. The number of benzene rings is 2. The Labute approximate surface area is 166 Å². The van der Waals surface area contributed by atoms with E-state index in [1.54, 1.807) is 18.2 Å². The summed E-state index contributed by atoms with van der Waals surface area (Å²) in [7, 11) is 0.